The molecule has 1 saturated heterocycles. The van der Waals surface area contributed by atoms with Gasteiger partial charge in [-0.15, -0.1) is 0 Å². The molecule has 1 N–H and O–H groups in total. The number of hydrogen-bond acceptors (Lipinski definition) is 4. The number of amides is 1. The Morgan fingerprint density at radius 2 is 2.04 bits per heavy atom. The Bertz CT molecular complexity index is 820. The van der Waals surface area contributed by atoms with Crippen LogP contribution in [0.4, 0.5) is 10.3 Å². The second-order valence-corrected chi connectivity index (χ2v) is 7.44. The van der Waals surface area contributed by atoms with Crippen molar-refractivity contribution in [3.8, 4) is 0 Å². The van der Waals surface area contributed by atoms with Crippen LogP contribution in [0.1, 0.15) is 42.5 Å². The molecule has 2 aliphatic rings. The van der Waals surface area contributed by atoms with Crippen molar-refractivity contribution in [3.05, 3.63) is 53.1 Å². The normalized spacial score (nSPS) is 19.4. The molecule has 2 aromatic rings. The molecule has 1 amide bonds. The van der Waals surface area contributed by atoms with Crippen LogP contribution >= 0.6 is 0 Å². The fraction of sp³-hybridized carbons (Fsp3) is 0.476. The van der Waals surface area contributed by atoms with Crippen molar-refractivity contribution in [2.24, 2.45) is 5.92 Å². The number of benzene rings is 1. The topological polar surface area (TPSA) is 58.1 Å². The highest BCUT2D eigenvalue weighted by Crippen LogP contribution is 2.26. The minimum absolute atomic E-state index is 0.0241. The monoisotopic (exact) mass is 368 g/mol. The number of aryl methyl sites for hydroxylation is 1. The third kappa shape index (κ3) is 4.10. The minimum Gasteiger partial charge on any atom is -0.352 e. The van der Waals surface area contributed by atoms with Crippen LogP contribution in [0.5, 0.6) is 0 Å². The van der Waals surface area contributed by atoms with E-state index >= 15 is 0 Å². The fourth-order valence-electron chi connectivity index (χ4n) is 3.94. The van der Waals surface area contributed by atoms with E-state index in [1.807, 2.05) is 6.20 Å². The molecule has 0 bridgehead atoms. The molecule has 1 aromatic carbocycles. The molecule has 0 radical (unpaired) electrons. The maximum Gasteiger partial charge on any atom is 0.225 e. The number of anilines is 1. The molecule has 142 valence electrons. The molecule has 4 rings (SSSR count). The van der Waals surface area contributed by atoms with E-state index in [2.05, 4.69) is 15.2 Å². The number of aromatic nitrogens is 2. The number of fused-ring (bicyclic) bond motifs is 1. The zero-order valence-electron chi connectivity index (χ0n) is 15.5. The predicted octanol–water partition coefficient (Wildman–Crippen LogP) is 3.03. The molecule has 2 heterocycles. The van der Waals surface area contributed by atoms with Crippen LogP contribution in [0.25, 0.3) is 0 Å². The summed E-state index contributed by atoms with van der Waals surface area (Å²) < 4.78 is 13.7. The zero-order chi connectivity index (χ0) is 18.6. The van der Waals surface area contributed by atoms with E-state index in [1.54, 1.807) is 18.2 Å². The summed E-state index contributed by atoms with van der Waals surface area (Å²) in [6.07, 6.45) is 7.78. The summed E-state index contributed by atoms with van der Waals surface area (Å²) >= 11 is 0. The summed E-state index contributed by atoms with van der Waals surface area (Å²) in [7, 11) is 0. The van der Waals surface area contributed by atoms with Crippen molar-refractivity contribution in [2.45, 2.75) is 45.1 Å². The van der Waals surface area contributed by atoms with E-state index in [1.165, 1.54) is 25.3 Å². The quantitative estimate of drug-likeness (QED) is 0.901. The van der Waals surface area contributed by atoms with E-state index in [9.17, 15) is 9.18 Å². The van der Waals surface area contributed by atoms with Crippen LogP contribution in [0.3, 0.4) is 0 Å². The Morgan fingerprint density at radius 3 is 2.85 bits per heavy atom. The molecule has 0 spiro atoms. The van der Waals surface area contributed by atoms with Crippen LogP contribution in [0.15, 0.2) is 30.5 Å². The minimum atomic E-state index is -0.287. The molecule has 27 heavy (non-hydrogen) atoms. The molecule has 0 saturated carbocycles. The van der Waals surface area contributed by atoms with Crippen molar-refractivity contribution < 1.29 is 9.18 Å². The number of piperidine rings is 1. The highest BCUT2D eigenvalue weighted by Gasteiger charge is 2.27. The van der Waals surface area contributed by atoms with Crippen molar-refractivity contribution in [1.29, 1.82) is 0 Å². The molecule has 1 aromatic heterocycles. The number of carbonyl (C=O) groups excluding carboxylic acids is 1. The second-order valence-electron chi connectivity index (χ2n) is 7.44. The van der Waals surface area contributed by atoms with E-state index in [0.717, 1.165) is 43.1 Å². The van der Waals surface area contributed by atoms with E-state index in [4.69, 9.17) is 4.98 Å². The van der Waals surface area contributed by atoms with Crippen LogP contribution in [0.2, 0.25) is 0 Å². The van der Waals surface area contributed by atoms with Gasteiger partial charge in [-0.05, 0) is 50.2 Å². The Hall–Kier alpha value is -2.50. The van der Waals surface area contributed by atoms with Gasteiger partial charge in [-0.25, -0.2) is 14.4 Å². The highest BCUT2D eigenvalue weighted by atomic mass is 19.1. The zero-order valence-corrected chi connectivity index (χ0v) is 15.5. The average Bonchev–Trinajstić information content (AvgIpc) is 2.73. The maximum atomic E-state index is 13.7. The Kier molecular flexibility index (Phi) is 5.32. The first-order valence-electron chi connectivity index (χ1n) is 9.81. The lowest BCUT2D eigenvalue weighted by Gasteiger charge is -2.28. The van der Waals surface area contributed by atoms with Gasteiger partial charge < -0.3 is 10.2 Å². The molecule has 6 heteroatoms. The number of nitrogens with one attached hydrogen (secondary N) is 1. The summed E-state index contributed by atoms with van der Waals surface area (Å²) in [6, 6.07) is 6.53. The molecule has 1 unspecified atom stereocenters. The first-order valence-corrected chi connectivity index (χ1v) is 9.81. The van der Waals surface area contributed by atoms with Crippen molar-refractivity contribution in [1.82, 2.24) is 15.3 Å². The van der Waals surface area contributed by atoms with Gasteiger partial charge in [0.05, 0.1) is 0 Å². The SMILES string of the molecule is O=C(NCc1ccccc1F)C1CCc2nc(N3CCCCC3)ncc2C1. The van der Waals surface area contributed by atoms with Crippen LogP contribution in [-0.2, 0) is 24.2 Å². The number of halogens is 1. The van der Waals surface area contributed by atoms with E-state index in [-0.39, 0.29) is 24.2 Å². The second kappa shape index (κ2) is 8.03. The number of hydrogen-bond donors (Lipinski definition) is 1. The molecule has 1 atom stereocenters. The van der Waals surface area contributed by atoms with Gasteiger partial charge >= 0.3 is 0 Å². The molecular weight excluding hydrogens is 343 g/mol. The van der Waals surface area contributed by atoms with Crippen LogP contribution in [0, 0.1) is 11.7 Å². The summed E-state index contributed by atoms with van der Waals surface area (Å²) in [5.74, 6) is 0.416. The third-order valence-electron chi connectivity index (χ3n) is 5.56. The Balaban J connectivity index is 1.37. The van der Waals surface area contributed by atoms with Crippen LogP contribution in [-0.4, -0.2) is 29.0 Å². The van der Waals surface area contributed by atoms with Gasteiger partial charge in [0.1, 0.15) is 5.82 Å². The van der Waals surface area contributed by atoms with Crippen molar-refractivity contribution in [3.63, 3.8) is 0 Å². The summed E-state index contributed by atoms with van der Waals surface area (Å²) in [5.41, 5.74) is 2.65. The van der Waals surface area contributed by atoms with Crippen LogP contribution < -0.4 is 10.2 Å². The average molecular weight is 368 g/mol. The van der Waals surface area contributed by atoms with Gasteiger partial charge in [0, 0.05) is 43.0 Å². The molecule has 1 aliphatic carbocycles. The first-order chi connectivity index (χ1) is 13.2. The molecule has 1 aliphatic heterocycles. The standard InChI is InChI=1S/C21H25FN4O/c22-18-7-3-2-6-16(18)13-23-20(27)15-8-9-19-17(12-15)14-24-21(25-19)26-10-4-1-5-11-26/h2-3,6-7,14-15H,1,4-5,8-13H2,(H,23,27). The third-order valence-corrected chi connectivity index (χ3v) is 5.56. The van der Waals surface area contributed by atoms with Gasteiger partial charge in [0.25, 0.3) is 0 Å². The van der Waals surface area contributed by atoms with Crippen molar-refractivity contribution >= 4 is 11.9 Å². The van der Waals surface area contributed by atoms with Gasteiger partial charge in [-0.1, -0.05) is 18.2 Å². The number of rotatable bonds is 4. The van der Waals surface area contributed by atoms with Gasteiger partial charge in [0.2, 0.25) is 11.9 Å². The summed E-state index contributed by atoms with van der Waals surface area (Å²) in [5, 5.41) is 2.88. The van der Waals surface area contributed by atoms with Gasteiger partial charge in [-0.2, -0.15) is 0 Å². The number of nitrogens with zero attached hydrogens (tertiary/aromatic N) is 3. The first kappa shape index (κ1) is 17.9. The highest BCUT2D eigenvalue weighted by molar-refractivity contribution is 5.79. The van der Waals surface area contributed by atoms with E-state index < -0.39 is 0 Å². The molecule has 5 nitrogen and oxygen atoms in total. The smallest absolute Gasteiger partial charge is 0.225 e. The largest absolute Gasteiger partial charge is 0.352 e. The lowest BCUT2D eigenvalue weighted by atomic mass is 9.86. The molecular formula is C21H25FN4O. The summed E-state index contributed by atoms with van der Waals surface area (Å²) in [6.45, 7) is 2.28. The van der Waals surface area contributed by atoms with Gasteiger partial charge in [0.15, 0.2) is 0 Å². The Labute approximate surface area is 159 Å². The van der Waals surface area contributed by atoms with Gasteiger partial charge in [-0.3, -0.25) is 4.79 Å². The molecule has 1 fully saturated rings. The fourth-order valence-corrected chi connectivity index (χ4v) is 3.94. The number of carbonyl (C=O) groups is 1. The van der Waals surface area contributed by atoms with E-state index in [0.29, 0.717) is 12.0 Å². The Morgan fingerprint density at radius 1 is 1.22 bits per heavy atom. The lowest BCUT2D eigenvalue weighted by Crippen LogP contribution is -2.35. The summed E-state index contributed by atoms with van der Waals surface area (Å²) in [4.78, 5) is 24.1. The van der Waals surface area contributed by atoms with Crippen molar-refractivity contribution in [2.75, 3.05) is 18.0 Å². The predicted molar refractivity (Wildman–Crippen MR) is 102 cm³/mol. The lowest BCUT2D eigenvalue weighted by molar-refractivity contribution is -0.125. The maximum absolute atomic E-state index is 13.7.